The van der Waals surface area contributed by atoms with E-state index < -0.39 is 0 Å². The molecule has 1 radical (unpaired) electrons. The van der Waals surface area contributed by atoms with Gasteiger partial charge in [-0.15, -0.1) is 11.8 Å². The van der Waals surface area contributed by atoms with E-state index >= 15 is 0 Å². The molecule has 1 aromatic rings. The summed E-state index contributed by atoms with van der Waals surface area (Å²) in [6, 6.07) is 7.95. The van der Waals surface area contributed by atoms with Gasteiger partial charge >= 0.3 is 0 Å². The summed E-state index contributed by atoms with van der Waals surface area (Å²) in [4.78, 5) is 4.29. The summed E-state index contributed by atoms with van der Waals surface area (Å²) < 4.78 is 5.25. The Bertz CT molecular complexity index is 335. The first-order valence-electron chi connectivity index (χ1n) is 4.07. The number of nitrogens with zero attached hydrogens (tertiary/aromatic N) is 1. The van der Waals surface area contributed by atoms with Crippen molar-refractivity contribution >= 4 is 16.8 Å². The molecule has 0 atom stereocenters. The van der Waals surface area contributed by atoms with Gasteiger partial charge in [0.25, 0.3) is 0 Å². The van der Waals surface area contributed by atoms with Crippen LogP contribution in [-0.2, 0) is 0 Å². The number of hydrogen-bond acceptors (Lipinski definition) is 3. The van der Waals surface area contributed by atoms with Crippen LogP contribution >= 0.6 is 11.8 Å². The number of methoxy groups -OCH3 is 1. The summed E-state index contributed by atoms with van der Waals surface area (Å²) in [5, 5.41) is 1.05. The molecule has 0 fully saturated rings. The molecule has 1 aromatic carbocycles. The Hall–Kier alpha value is -0.960. The predicted molar refractivity (Wildman–Crippen MR) is 56.3 cm³/mol. The van der Waals surface area contributed by atoms with Gasteiger partial charge in [-0.05, 0) is 12.1 Å². The molecule has 1 heterocycles. The molecule has 3 heteroatoms. The number of aliphatic imine (C=N–C) groups is 1. The van der Waals surface area contributed by atoms with E-state index in [0.717, 1.165) is 22.1 Å². The van der Waals surface area contributed by atoms with Crippen LogP contribution in [0.15, 0.2) is 29.3 Å². The first-order valence-corrected chi connectivity index (χ1v) is 5.06. The molecule has 0 N–H and O–H groups in total. The van der Waals surface area contributed by atoms with Gasteiger partial charge in [-0.1, -0.05) is 12.1 Å². The minimum Gasteiger partial charge on any atom is -0.496 e. The molecule has 1 aliphatic rings. The maximum atomic E-state index is 5.25. The summed E-state index contributed by atoms with van der Waals surface area (Å²) in [5.74, 6) is 1.86. The normalized spacial score (nSPS) is 15.6. The standard InChI is InChI=1S/C10H10NOS/c1-12-9-5-3-2-4-8(9)10-11-6-7-13-10/h2-6H,7H2,1H3. The zero-order valence-corrected chi connectivity index (χ0v) is 8.17. The fraction of sp³-hybridized carbons (Fsp3) is 0.200. The van der Waals surface area contributed by atoms with Crippen molar-refractivity contribution in [2.75, 3.05) is 12.9 Å². The van der Waals surface area contributed by atoms with Crippen molar-refractivity contribution in [1.29, 1.82) is 0 Å². The zero-order chi connectivity index (χ0) is 9.10. The van der Waals surface area contributed by atoms with Crippen LogP contribution in [0.1, 0.15) is 5.56 Å². The van der Waals surface area contributed by atoms with E-state index in [2.05, 4.69) is 4.99 Å². The Labute approximate surface area is 82.0 Å². The van der Waals surface area contributed by atoms with Gasteiger partial charge < -0.3 is 4.74 Å². The predicted octanol–water partition coefficient (Wildman–Crippen LogP) is 2.35. The van der Waals surface area contributed by atoms with Crippen molar-refractivity contribution in [3.05, 3.63) is 36.4 Å². The van der Waals surface area contributed by atoms with Gasteiger partial charge in [0.15, 0.2) is 0 Å². The first-order chi connectivity index (χ1) is 6.42. The molecule has 0 saturated heterocycles. The van der Waals surface area contributed by atoms with Crippen molar-refractivity contribution < 1.29 is 4.74 Å². The Balaban J connectivity index is 2.38. The van der Waals surface area contributed by atoms with E-state index in [0.29, 0.717) is 0 Å². The molecule has 1 aliphatic heterocycles. The monoisotopic (exact) mass is 192 g/mol. The average Bonchev–Trinajstić information content (AvgIpc) is 2.70. The summed E-state index contributed by atoms with van der Waals surface area (Å²) in [7, 11) is 1.68. The van der Waals surface area contributed by atoms with E-state index in [4.69, 9.17) is 4.74 Å². The van der Waals surface area contributed by atoms with Gasteiger partial charge in [-0.2, -0.15) is 0 Å². The second-order valence-corrected chi connectivity index (χ2v) is 3.64. The highest BCUT2D eigenvalue weighted by atomic mass is 32.2. The molecule has 2 rings (SSSR count). The molecule has 0 unspecified atom stereocenters. The van der Waals surface area contributed by atoms with Crippen molar-refractivity contribution in [2.24, 2.45) is 4.99 Å². The first kappa shape index (κ1) is 8.63. The van der Waals surface area contributed by atoms with Crippen molar-refractivity contribution in [3.63, 3.8) is 0 Å². The molecule has 0 amide bonds. The van der Waals surface area contributed by atoms with Crippen molar-refractivity contribution in [3.8, 4) is 5.75 Å². The molecule has 0 saturated carbocycles. The average molecular weight is 192 g/mol. The third-order valence-corrected chi connectivity index (χ3v) is 2.76. The lowest BCUT2D eigenvalue weighted by Gasteiger charge is -2.06. The molecule has 2 nitrogen and oxygen atoms in total. The Morgan fingerprint density at radius 1 is 1.38 bits per heavy atom. The molecule has 13 heavy (non-hydrogen) atoms. The van der Waals surface area contributed by atoms with Crippen LogP contribution in [0.5, 0.6) is 5.75 Å². The van der Waals surface area contributed by atoms with Gasteiger partial charge in [0.1, 0.15) is 10.8 Å². The van der Waals surface area contributed by atoms with Gasteiger partial charge in [0, 0.05) is 11.3 Å². The van der Waals surface area contributed by atoms with E-state index in [-0.39, 0.29) is 0 Å². The third-order valence-electron chi connectivity index (χ3n) is 1.84. The number of hydrogen-bond donors (Lipinski definition) is 0. The summed E-state index contributed by atoms with van der Waals surface area (Å²) >= 11 is 1.74. The maximum Gasteiger partial charge on any atom is 0.128 e. The van der Waals surface area contributed by atoms with Crippen LogP contribution in [0.25, 0.3) is 0 Å². The molecular weight excluding hydrogens is 182 g/mol. The maximum absolute atomic E-state index is 5.25. The van der Waals surface area contributed by atoms with Crippen LogP contribution in [0.2, 0.25) is 0 Å². The van der Waals surface area contributed by atoms with E-state index in [1.165, 1.54) is 0 Å². The number of benzene rings is 1. The molecule has 0 bridgehead atoms. The highest BCUT2D eigenvalue weighted by Crippen LogP contribution is 2.27. The van der Waals surface area contributed by atoms with Crippen LogP contribution in [0, 0.1) is 6.54 Å². The quantitative estimate of drug-likeness (QED) is 0.717. The second-order valence-electron chi connectivity index (χ2n) is 2.63. The van der Waals surface area contributed by atoms with Gasteiger partial charge in [-0.3, -0.25) is 4.99 Å². The Kier molecular flexibility index (Phi) is 2.54. The smallest absolute Gasteiger partial charge is 0.128 e. The molecule has 0 aromatic heterocycles. The summed E-state index contributed by atoms with van der Waals surface area (Å²) in [5.41, 5.74) is 1.09. The lowest BCUT2D eigenvalue weighted by molar-refractivity contribution is 0.414. The Morgan fingerprint density at radius 3 is 2.92 bits per heavy atom. The molecule has 0 spiro atoms. The van der Waals surface area contributed by atoms with Crippen LogP contribution in [-0.4, -0.2) is 17.9 Å². The van der Waals surface area contributed by atoms with E-state index in [1.807, 2.05) is 30.8 Å². The second kappa shape index (κ2) is 3.83. The largest absolute Gasteiger partial charge is 0.496 e. The third kappa shape index (κ3) is 1.70. The zero-order valence-electron chi connectivity index (χ0n) is 7.36. The highest BCUT2D eigenvalue weighted by Gasteiger charge is 2.13. The number of ether oxygens (including phenoxy) is 1. The van der Waals surface area contributed by atoms with Gasteiger partial charge in [0.05, 0.1) is 13.7 Å². The SMILES string of the molecule is COc1ccccc1C1=N[CH]CS1. The molecule has 67 valence electrons. The fourth-order valence-electron chi connectivity index (χ4n) is 1.24. The minimum atomic E-state index is 0.893. The van der Waals surface area contributed by atoms with Crippen LogP contribution < -0.4 is 4.74 Å². The fourth-order valence-corrected chi connectivity index (χ4v) is 2.02. The van der Waals surface area contributed by atoms with Crippen LogP contribution in [0.4, 0.5) is 0 Å². The van der Waals surface area contributed by atoms with Crippen LogP contribution in [0.3, 0.4) is 0 Å². The minimum absolute atomic E-state index is 0.893. The highest BCUT2D eigenvalue weighted by molar-refractivity contribution is 8.14. The lowest BCUT2D eigenvalue weighted by atomic mass is 10.2. The van der Waals surface area contributed by atoms with Gasteiger partial charge in [-0.25, -0.2) is 0 Å². The van der Waals surface area contributed by atoms with Crippen molar-refractivity contribution in [1.82, 2.24) is 0 Å². The summed E-state index contributed by atoms with van der Waals surface area (Å²) in [6.07, 6.45) is 0. The van der Waals surface area contributed by atoms with E-state index in [1.54, 1.807) is 18.9 Å². The lowest BCUT2D eigenvalue weighted by Crippen LogP contribution is -1.96. The number of para-hydroxylation sites is 1. The van der Waals surface area contributed by atoms with E-state index in [9.17, 15) is 0 Å². The van der Waals surface area contributed by atoms with Crippen molar-refractivity contribution in [2.45, 2.75) is 0 Å². The summed E-state index contributed by atoms with van der Waals surface area (Å²) in [6.45, 7) is 1.92. The molecular formula is C10H10NOS. The number of rotatable bonds is 2. The van der Waals surface area contributed by atoms with Gasteiger partial charge in [0.2, 0.25) is 0 Å². The number of thioether (sulfide) groups is 1. The molecule has 0 aliphatic carbocycles. The Morgan fingerprint density at radius 2 is 2.23 bits per heavy atom. The topological polar surface area (TPSA) is 21.6 Å².